The zero-order valence-electron chi connectivity index (χ0n) is 31.4. The van der Waals surface area contributed by atoms with Gasteiger partial charge in [-0.2, -0.15) is 0 Å². The number of benzene rings is 5. The maximum absolute atomic E-state index is 13.2. The summed E-state index contributed by atoms with van der Waals surface area (Å²) >= 11 is 0. The minimum Gasteiger partial charge on any atom is -0.504 e. The van der Waals surface area contributed by atoms with E-state index in [1.807, 2.05) is 0 Å². The Hall–Kier alpha value is -8.75. The number of phenolic OH excluding ortho intramolecular Hbond substituents is 11. The van der Waals surface area contributed by atoms with Gasteiger partial charge in [0.1, 0.15) is 6.10 Å². The number of ether oxygens (including phenoxy) is 5. The van der Waals surface area contributed by atoms with E-state index in [-0.39, 0.29) is 11.7 Å². The van der Waals surface area contributed by atoms with Crippen molar-refractivity contribution in [2.75, 3.05) is 0 Å². The van der Waals surface area contributed by atoms with Gasteiger partial charge in [0.05, 0.1) is 27.8 Å². The molecule has 0 spiro atoms. The minimum atomic E-state index is -1.48. The molecule has 1 saturated carbocycles. The highest BCUT2D eigenvalue weighted by molar-refractivity contribution is 5.98. The average Bonchev–Trinajstić information content (AvgIpc) is 3.23. The molecule has 5 aromatic rings. The number of rotatable bonds is 10. The fourth-order valence-electron chi connectivity index (χ4n) is 5.91. The van der Waals surface area contributed by atoms with Gasteiger partial charge in [0.25, 0.3) is 0 Å². The van der Waals surface area contributed by atoms with Gasteiger partial charge in [-0.1, -0.05) is 6.42 Å². The first-order valence-electron chi connectivity index (χ1n) is 17.9. The second kappa shape index (κ2) is 17.2. The van der Waals surface area contributed by atoms with Crippen molar-refractivity contribution >= 4 is 29.8 Å². The van der Waals surface area contributed by atoms with E-state index in [0.717, 1.165) is 31.4 Å². The van der Waals surface area contributed by atoms with E-state index >= 15 is 0 Å². The van der Waals surface area contributed by atoms with Crippen molar-refractivity contribution < 1.29 is 104 Å². The van der Waals surface area contributed by atoms with Crippen LogP contribution >= 0.6 is 0 Å². The molecule has 1 aliphatic rings. The van der Waals surface area contributed by atoms with Gasteiger partial charge in [-0.15, -0.1) is 0 Å². The van der Waals surface area contributed by atoms with Crippen LogP contribution in [0.3, 0.4) is 0 Å². The summed E-state index contributed by atoms with van der Waals surface area (Å²) in [5.74, 6) is -21.0. The van der Waals surface area contributed by atoms with Crippen LogP contribution in [0.5, 0.6) is 86.2 Å². The summed E-state index contributed by atoms with van der Waals surface area (Å²) < 4.78 is 25.7. The fourth-order valence-corrected chi connectivity index (χ4v) is 5.91. The van der Waals surface area contributed by atoms with Crippen LogP contribution in [0.2, 0.25) is 0 Å². The van der Waals surface area contributed by atoms with Crippen LogP contribution in [0, 0.1) is 0 Å². The third kappa shape index (κ3) is 9.10. The van der Waals surface area contributed by atoms with Crippen LogP contribution in [-0.2, 0) is 4.74 Å². The minimum absolute atomic E-state index is 0.275. The molecular formula is C41H32O21. The Morgan fingerprint density at radius 1 is 0.339 bits per heavy atom. The van der Waals surface area contributed by atoms with Crippen molar-refractivity contribution in [1.29, 1.82) is 0 Å². The van der Waals surface area contributed by atoms with Crippen LogP contribution in [0.1, 0.15) is 83.9 Å². The summed E-state index contributed by atoms with van der Waals surface area (Å²) in [5.41, 5.74) is -2.83. The molecule has 5 aromatic carbocycles. The molecule has 6 rings (SSSR count). The van der Waals surface area contributed by atoms with E-state index in [1.165, 1.54) is 0 Å². The van der Waals surface area contributed by atoms with Gasteiger partial charge in [-0.05, 0) is 86.3 Å². The van der Waals surface area contributed by atoms with Crippen molar-refractivity contribution in [3.05, 3.63) is 88.5 Å². The predicted molar refractivity (Wildman–Crippen MR) is 203 cm³/mol. The molecule has 0 bridgehead atoms. The largest absolute Gasteiger partial charge is 0.504 e. The van der Waals surface area contributed by atoms with Crippen molar-refractivity contribution in [3.8, 4) is 86.2 Å². The van der Waals surface area contributed by atoms with Gasteiger partial charge in [-0.25, -0.2) is 24.0 Å². The molecule has 0 unspecified atom stereocenters. The molecule has 1 aliphatic carbocycles. The number of carbonyl (C=O) groups excluding carboxylic acids is 5. The summed E-state index contributed by atoms with van der Waals surface area (Å²) in [6.07, 6.45) is 3.55. The maximum Gasteiger partial charge on any atom is 0.343 e. The van der Waals surface area contributed by atoms with Gasteiger partial charge in [-0.3, -0.25) is 0 Å². The summed E-state index contributed by atoms with van der Waals surface area (Å²) in [6, 6.07) is 7.13. The quantitative estimate of drug-likeness (QED) is 0.0509. The zero-order chi connectivity index (χ0) is 45.2. The number of aromatic hydroxyl groups is 11. The second-order valence-corrected chi connectivity index (χ2v) is 13.5. The molecule has 11 N–H and O–H groups in total. The van der Waals surface area contributed by atoms with Crippen LogP contribution in [0.4, 0.5) is 0 Å². The third-order valence-electron chi connectivity index (χ3n) is 9.10. The Balaban J connectivity index is 1.19. The van der Waals surface area contributed by atoms with E-state index in [1.54, 1.807) is 0 Å². The molecule has 0 aromatic heterocycles. The van der Waals surface area contributed by atoms with Crippen LogP contribution < -0.4 is 18.9 Å². The molecule has 0 atom stereocenters. The molecule has 0 saturated heterocycles. The van der Waals surface area contributed by atoms with Crippen molar-refractivity contribution in [2.24, 2.45) is 0 Å². The normalized spacial score (nSPS) is 12.5. The van der Waals surface area contributed by atoms with E-state index in [0.29, 0.717) is 61.4 Å². The van der Waals surface area contributed by atoms with E-state index < -0.39 is 138 Å². The molecule has 0 heterocycles. The first-order chi connectivity index (χ1) is 29.3. The Morgan fingerprint density at radius 2 is 0.581 bits per heavy atom. The fraction of sp³-hybridized carbons (Fsp3) is 0.146. The van der Waals surface area contributed by atoms with Crippen molar-refractivity contribution in [1.82, 2.24) is 0 Å². The van der Waals surface area contributed by atoms with Crippen LogP contribution in [0.15, 0.2) is 60.7 Å². The van der Waals surface area contributed by atoms with E-state index in [4.69, 9.17) is 23.7 Å². The summed E-state index contributed by atoms with van der Waals surface area (Å²) in [4.78, 5) is 64.9. The molecule has 1 fully saturated rings. The SMILES string of the molecule is O=C(Oc1cc(C(=O)Oc2cc(C(=O)Oc3cc(C(=O)Oc4cc(C(=O)OC5CCCCC5)cc(O)c4O)cc(O)c3O)cc(O)c2O)cc(O)c1O)c1cc(O)c(O)c(O)c1. The number of hydrogen-bond donors (Lipinski definition) is 11. The highest BCUT2D eigenvalue weighted by atomic mass is 16.6. The van der Waals surface area contributed by atoms with Gasteiger partial charge < -0.3 is 79.9 Å². The highest BCUT2D eigenvalue weighted by Crippen LogP contribution is 2.43. The van der Waals surface area contributed by atoms with Crippen LogP contribution in [0.25, 0.3) is 0 Å². The topological polar surface area (TPSA) is 354 Å². The number of carbonyl (C=O) groups is 5. The van der Waals surface area contributed by atoms with Gasteiger partial charge in [0.2, 0.25) is 23.0 Å². The second-order valence-electron chi connectivity index (χ2n) is 13.5. The summed E-state index contributed by atoms with van der Waals surface area (Å²) in [7, 11) is 0. The number of phenols is 11. The molecule has 21 nitrogen and oxygen atoms in total. The smallest absolute Gasteiger partial charge is 0.343 e. The molecular weight excluding hydrogens is 828 g/mol. The lowest BCUT2D eigenvalue weighted by Gasteiger charge is -2.22. The molecule has 0 radical (unpaired) electrons. The first kappa shape index (κ1) is 42.8. The van der Waals surface area contributed by atoms with Crippen LogP contribution in [-0.4, -0.2) is 92.1 Å². The van der Waals surface area contributed by atoms with E-state index in [9.17, 15) is 80.1 Å². The molecule has 21 heteroatoms. The number of hydrogen-bond acceptors (Lipinski definition) is 21. The zero-order valence-corrected chi connectivity index (χ0v) is 31.4. The Kier molecular flexibility index (Phi) is 11.9. The Labute approximate surface area is 346 Å². The van der Waals surface area contributed by atoms with E-state index in [2.05, 4.69) is 0 Å². The first-order valence-corrected chi connectivity index (χ1v) is 17.9. The van der Waals surface area contributed by atoms with Crippen molar-refractivity contribution in [3.63, 3.8) is 0 Å². The van der Waals surface area contributed by atoms with Crippen molar-refractivity contribution in [2.45, 2.75) is 38.2 Å². The maximum atomic E-state index is 13.2. The lowest BCUT2D eigenvalue weighted by molar-refractivity contribution is 0.0209. The molecule has 0 aliphatic heterocycles. The summed E-state index contributed by atoms with van der Waals surface area (Å²) in [6.45, 7) is 0. The molecule has 62 heavy (non-hydrogen) atoms. The number of esters is 5. The summed E-state index contributed by atoms with van der Waals surface area (Å²) in [5, 5.41) is 112. The van der Waals surface area contributed by atoms with Gasteiger partial charge >= 0.3 is 29.8 Å². The van der Waals surface area contributed by atoms with Gasteiger partial charge in [0.15, 0.2) is 63.2 Å². The average molecular weight is 861 g/mol. The van der Waals surface area contributed by atoms with Gasteiger partial charge in [0, 0.05) is 0 Å². The molecule has 322 valence electrons. The third-order valence-corrected chi connectivity index (χ3v) is 9.10. The highest BCUT2D eigenvalue weighted by Gasteiger charge is 2.27. The lowest BCUT2D eigenvalue weighted by Crippen LogP contribution is -2.21. The standard InChI is InChI=1S/C41H32O21/c42-22-6-16(7-23(43)32(22)48)38(54)59-29-13-18(9-25(45)34(29)50)40(56)61-31-15-20(11-27(47)36(31)52)41(57)62-30-14-19(10-26(46)35(30)51)39(55)60-28-12-17(8-24(44)33(28)49)37(53)58-21-4-2-1-3-5-21/h6-15,21,42-52H,1-5H2. The Morgan fingerprint density at radius 3 is 0.871 bits per heavy atom. The Bertz CT molecular complexity index is 2640. The lowest BCUT2D eigenvalue weighted by atomic mass is 9.98. The predicted octanol–water partition coefficient (Wildman–Crippen LogP) is 4.81. The molecule has 0 amide bonds. The monoisotopic (exact) mass is 860 g/mol.